The standard InChI is InChI=1S/C18H30N2/c1-3-5-7-9-15-10-11-17-16(13-15)14-18(19)20(17)12-8-6-4-2/h10-11,13,18H,3-9,12,14,19H2,1-2H3. The van der Waals surface area contributed by atoms with Crippen molar-refractivity contribution >= 4 is 5.69 Å². The van der Waals surface area contributed by atoms with Gasteiger partial charge < -0.3 is 10.6 Å². The Hall–Kier alpha value is -1.02. The number of aryl methyl sites for hydroxylation is 1. The molecule has 1 unspecified atom stereocenters. The van der Waals surface area contributed by atoms with Gasteiger partial charge in [-0.15, -0.1) is 0 Å². The fourth-order valence-electron chi connectivity index (χ4n) is 3.15. The van der Waals surface area contributed by atoms with Crippen LogP contribution in [0.4, 0.5) is 5.69 Å². The van der Waals surface area contributed by atoms with Gasteiger partial charge in [0, 0.05) is 18.7 Å². The molecule has 1 aromatic carbocycles. The van der Waals surface area contributed by atoms with E-state index in [1.807, 2.05) is 0 Å². The summed E-state index contributed by atoms with van der Waals surface area (Å²) in [5.41, 5.74) is 10.6. The van der Waals surface area contributed by atoms with Gasteiger partial charge in [-0.05, 0) is 36.5 Å². The van der Waals surface area contributed by atoms with Crippen LogP contribution in [0.3, 0.4) is 0 Å². The molecule has 0 aliphatic carbocycles. The van der Waals surface area contributed by atoms with Crippen LogP contribution in [0, 0.1) is 0 Å². The second-order valence-corrected chi connectivity index (χ2v) is 6.09. The summed E-state index contributed by atoms with van der Waals surface area (Å²) in [4.78, 5) is 2.40. The predicted octanol–water partition coefficient (Wildman–Crippen LogP) is 4.26. The molecule has 2 nitrogen and oxygen atoms in total. The maximum Gasteiger partial charge on any atom is 0.0812 e. The van der Waals surface area contributed by atoms with Gasteiger partial charge in [-0.1, -0.05) is 51.7 Å². The topological polar surface area (TPSA) is 29.3 Å². The van der Waals surface area contributed by atoms with Crippen molar-refractivity contribution in [3.8, 4) is 0 Å². The van der Waals surface area contributed by atoms with Crippen LogP contribution in [0.25, 0.3) is 0 Å². The Kier molecular flexibility index (Phi) is 5.90. The summed E-state index contributed by atoms with van der Waals surface area (Å²) in [6.07, 6.45) is 10.2. The fraction of sp³-hybridized carbons (Fsp3) is 0.667. The van der Waals surface area contributed by atoms with Crippen LogP contribution >= 0.6 is 0 Å². The highest BCUT2D eigenvalue weighted by Crippen LogP contribution is 2.31. The van der Waals surface area contributed by atoms with E-state index in [0.29, 0.717) is 0 Å². The lowest BCUT2D eigenvalue weighted by Crippen LogP contribution is -2.39. The number of unbranched alkanes of at least 4 members (excludes halogenated alkanes) is 4. The summed E-state index contributed by atoms with van der Waals surface area (Å²) in [5, 5.41) is 0. The maximum atomic E-state index is 6.31. The van der Waals surface area contributed by atoms with Crippen LogP contribution in [0.15, 0.2) is 18.2 Å². The second kappa shape index (κ2) is 7.68. The zero-order valence-electron chi connectivity index (χ0n) is 13.2. The van der Waals surface area contributed by atoms with E-state index in [9.17, 15) is 0 Å². The van der Waals surface area contributed by atoms with Gasteiger partial charge in [-0.25, -0.2) is 0 Å². The molecule has 112 valence electrons. The molecule has 0 spiro atoms. The van der Waals surface area contributed by atoms with Crippen LogP contribution in [0.1, 0.15) is 63.5 Å². The van der Waals surface area contributed by atoms with Gasteiger partial charge in [0.2, 0.25) is 0 Å². The monoisotopic (exact) mass is 274 g/mol. The Labute approximate surface area is 124 Å². The number of anilines is 1. The van der Waals surface area contributed by atoms with E-state index < -0.39 is 0 Å². The van der Waals surface area contributed by atoms with E-state index in [0.717, 1.165) is 13.0 Å². The first-order chi connectivity index (χ1) is 9.76. The summed E-state index contributed by atoms with van der Waals surface area (Å²) < 4.78 is 0. The molecule has 1 aliphatic rings. The van der Waals surface area contributed by atoms with E-state index in [4.69, 9.17) is 5.73 Å². The summed E-state index contributed by atoms with van der Waals surface area (Å²) in [5.74, 6) is 0. The zero-order valence-corrected chi connectivity index (χ0v) is 13.2. The van der Waals surface area contributed by atoms with Crippen molar-refractivity contribution < 1.29 is 0 Å². The van der Waals surface area contributed by atoms with Crippen molar-refractivity contribution in [1.82, 2.24) is 0 Å². The minimum atomic E-state index is 0.188. The Bertz CT molecular complexity index is 414. The number of hydrogen-bond donors (Lipinski definition) is 1. The third kappa shape index (κ3) is 3.76. The van der Waals surface area contributed by atoms with Gasteiger partial charge in [0.25, 0.3) is 0 Å². The predicted molar refractivity (Wildman–Crippen MR) is 88.2 cm³/mol. The molecule has 0 saturated carbocycles. The SMILES string of the molecule is CCCCCc1ccc2c(c1)CC(N)N2CCCCC. The largest absolute Gasteiger partial charge is 0.356 e. The average Bonchev–Trinajstić information content (AvgIpc) is 2.75. The Morgan fingerprint density at radius 1 is 1.10 bits per heavy atom. The number of rotatable bonds is 8. The molecule has 2 N–H and O–H groups in total. The van der Waals surface area contributed by atoms with Crippen molar-refractivity contribution in [1.29, 1.82) is 0 Å². The van der Waals surface area contributed by atoms with Gasteiger partial charge in [-0.3, -0.25) is 0 Å². The minimum Gasteiger partial charge on any atom is -0.356 e. The Balaban J connectivity index is 1.99. The van der Waals surface area contributed by atoms with Crippen molar-refractivity contribution in [2.75, 3.05) is 11.4 Å². The number of nitrogens with zero attached hydrogens (tertiary/aromatic N) is 1. The van der Waals surface area contributed by atoms with E-state index in [-0.39, 0.29) is 6.17 Å². The highest BCUT2D eigenvalue weighted by molar-refractivity contribution is 5.60. The molecule has 1 atom stereocenters. The molecule has 0 aromatic heterocycles. The Morgan fingerprint density at radius 2 is 1.85 bits per heavy atom. The van der Waals surface area contributed by atoms with Gasteiger partial charge in [0.15, 0.2) is 0 Å². The highest BCUT2D eigenvalue weighted by Gasteiger charge is 2.25. The van der Waals surface area contributed by atoms with Crippen molar-refractivity contribution in [2.45, 2.75) is 71.4 Å². The normalized spacial score (nSPS) is 17.6. The Morgan fingerprint density at radius 3 is 2.60 bits per heavy atom. The number of fused-ring (bicyclic) bond motifs is 1. The summed E-state index contributed by atoms with van der Waals surface area (Å²) in [6.45, 7) is 5.62. The minimum absolute atomic E-state index is 0.188. The van der Waals surface area contributed by atoms with Crippen LogP contribution in [-0.2, 0) is 12.8 Å². The zero-order chi connectivity index (χ0) is 14.4. The summed E-state index contributed by atoms with van der Waals surface area (Å²) in [7, 11) is 0. The van der Waals surface area contributed by atoms with Crippen molar-refractivity contribution in [3.05, 3.63) is 29.3 Å². The van der Waals surface area contributed by atoms with E-state index >= 15 is 0 Å². The maximum absolute atomic E-state index is 6.31. The van der Waals surface area contributed by atoms with Crippen LogP contribution in [0.2, 0.25) is 0 Å². The molecule has 2 rings (SSSR count). The third-order valence-electron chi connectivity index (χ3n) is 4.35. The smallest absolute Gasteiger partial charge is 0.0812 e. The van der Waals surface area contributed by atoms with Gasteiger partial charge in [0.05, 0.1) is 6.17 Å². The first-order valence-electron chi connectivity index (χ1n) is 8.40. The highest BCUT2D eigenvalue weighted by atomic mass is 15.2. The molecule has 0 bridgehead atoms. The molecule has 0 radical (unpaired) electrons. The van der Waals surface area contributed by atoms with Gasteiger partial charge in [-0.2, -0.15) is 0 Å². The van der Waals surface area contributed by atoms with Gasteiger partial charge >= 0.3 is 0 Å². The number of nitrogens with two attached hydrogens (primary N) is 1. The molecule has 20 heavy (non-hydrogen) atoms. The van der Waals surface area contributed by atoms with Crippen LogP contribution < -0.4 is 10.6 Å². The first kappa shape index (κ1) is 15.4. The summed E-state index contributed by atoms with van der Waals surface area (Å²) >= 11 is 0. The van der Waals surface area contributed by atoms with Crippen molar-refractivity contribution in [2.24, 2.45) is 5.73 Å². The van der Waals surface area contributed by atoms with Gasteiger partial charge in [0.1, 0.15) is 0 Å². The van der Waals surface area contributed by atoms with Crippen LogP contribution in [0.5, 0.6) is 0 Å². The quantitative estimate of drug-likeness (QED) is 0.718. The fourth-order valence-corrected chi connectivity index (χ4v) is 3.15. The van der Waals surface area contributed by atoms with E-state index in [1.54, 1.807) is 0 Å². The van der Waals surface area contributed by atoms with Crippen molar-refractivity contribution in [3.63, 3.8) is 0 Å². The molecule has 0 saturated heterocycles. The molecule has 1 aliphatic heterocycles. The number of benzene rings is 1. The lowest BCUT2D eigenvalue weighted by atomic mass is 10.0. The average molecular weight is 274 g/mol. The summed E-state index contributed by atoms with van der Waals surface area (Å²) in [6, 6.07) is 7.00. The lowest BCUT2D eigenvalue weighted by molar-refractivity contribution is 0.607. The third-order valence-corrected chi connectivity index (χ3v) is 4.35. The molecular formula is C18H30N2. The molecule has 1 heterocycles. The molecule has 0 amide bonds. The number of hydrogen-bond acceptors (Lipinski definition) is 2. The first-order valence-corrected chi connectivity index (χ1v) is 8.40. The molecule has 0 fully saturated rings. The second-order valence-electron chi connectivity index (χ2n) is 6.09. The van der Waals surface area contributed by atoms with Crippen LogP contribution in [-0.4, -0.2) is 12.7 Å². The van der Waals surface area contributed by atoms with E-state index in [2.05, 4.69) is 36.9 Å². The molecular weight excluding hydrogens is 244 g/mol. The lowest BCUT2D eigenvalue weighted by Gasteiger charge is -2.24. The molecule has 1 aromatic rings. The molecule has 2 heteroatoms. The van der Waals surface area contributed by atoms with E-state index in [1.165, 1.54) is 61.8 Å².